The highest BCUT2D eigenvalue weighted by molar-refractivity contribution is 7.80. The molecule has 0 spiro atoms. The molecular formula is C24H27N5O3S. The molecule has 3 aromatic rings. The van der Waals surface area contributed by atoms with Crippen molar-refractivity contribution >= 4 is 23.0 Å². The zero-order chi connectivity index (χ0) is 23.7. The first-order valence-corrected chi connectivity index (χ1v) is 11.3. The van der Waals surface area contributed by atoms with Crippen LogP contribution >= 0.6 is 12.2 Å². The minimum absolute atomic E-state index is 0.00651. The highest BCUT2D eigenvalue weighted by Gasteiger charge is 2.41. The summed E-state index contributed by atoms with van der Waals surface area (Å²) in [6.07, 6.45) is 2.76. The molecule has 1 aliphatic heterocycles. The molecule has 8 nitrogen and oxygen atoms in total. The van der Waals surface area contributed by atoms with Crippen molar-refractivity contribution in [2.24, 2.45) is 0 Å². The molecule has 1 aliphatic rings. The second-order valence-electron chi connectivity index (χ2n) is 8.10. The van der Waals surface area contributed by atoms with Crippen molar-refractivity contribution in [3.63, 3.8) is 0 Å². The average Bonchev–Trinajstić information content (AvgIpc) is 3.29. The lowest BCUT2D eigenvalue weighted by Gasteiger charge is -2.28. The highest BCUT2D eigenvalue weighted by atomic mass is 32.1. The number of pyridine rings is 1. The van der Waals surface area contributed by atoms with Crippen molar-refractivity contribution < 1.29 is 9.66 Å². The first kappa shape index (κ1) is 22.7. The Kier molecular flexibility index (Phi) is 6.33. The number of methoxy groups -OCH3 is 1. The van der Waals surface area contributed by atoms with Crippen LogP contribution in [0.1, 0.15) is 48.1 Å². The maximum absolute atomic E-state index is 11.2. The van der Waals surface area contributed by atoms with E-state index in [4.69, 9.17) is 17.0 Å². The molecule has 4 rings (SSSR count). The van der Waals surface area contributed by atoms with Crippen molar-refractivity contribution in [3.05, 3.63) is 81.4 Å². The minimum atomic E-state index is -0.418. The van der Waals surface area contributed by atoms with Crippen LogP contribution in [0.15, 0.2) is 48.7 Å². The summed E-state index contributed by atoms with van der Waals surface area (Å²) in [5, 5.41) is 15.4. The third kappa shape index (κ3) is 4.04. The van der Waals surface area contributed by atoms with E-state index in [1.165, 1.54) is 19.2 Å². The Morgan fingerprint density at radius 1 is 1.24 bits per heavy atom. The van der Waals surface area contributed by atoms with Crippen LogP contribution in [0.4, 0.5) is 5.69 Å². The molecule has 0 radical (unpaired) electrons. The summed E-state index contributed by atoms with van der Waals surface area (Å²) in [5.41, 5.74) is 4.84. The molecule has 1 N–H and O–H groups in total. The Hall–Kier alpha value is -3.46. The van der Waals surface area contributed by atoms with Gasteiger partial charge in [-0.1, -0.05) is 13.0 Å². The van der Waals surface area contributed by atoms with Gasteiger partial charge in [-0.15, -0.1) is 0 Å². The van der Waals surface area contributed by atoms with E-state index in [9.17, 15) is 10.1 Å². The molecule has 0 aliphatic carbocycles. The van der Waals surface area contributed by atoms with E-state index < -0.39 is 4.92 Å². The molecule has 2 aromatic heterocycles. The number of nitro benzene ring substituents is 1. The summed E-state index contributed by atoms with van der Waals surface area (Å²) >= 11 is 5.71. The Morgan fingerprint density at radius 3 is 2.67 bits per heavy atom. The number of thiocarbonyl (C=S) groups is 1. The fourth-order valence-electron chi connectivity index (χ4n) is 4.65. The van der Waals surface area contributed by atoms with Gasteiger partial charge in [-0.2, -0.15) is 0 Å². The second-order valence-corrected chi connectivity index (χ2v) is 8.48. The summed E-state index contributed by atoms with van der Waals surface area (Å²) < 4.78 is 7.61. The Bertz CT molecular complexity index is 1190. The molecular weight excluding hydrogens is 438 g/mol. The highest BCUT2D eigenvalue weighted by Crippen LogP contribution is 2.42. The first-order chi connectivity index (χ1) is 15.9. The van der Waals surface area contributed by atoms with Gasteiger partial charge in [0.05, 0.1) is 41.6 Å². The van der Waals surface area contributed by atoms with Gasteiger partial charge >= 0.3 is 0 Å². The topological polar surface area (TPSA) is 85.5 Å². The summed E-state index contributed by atoms with van der Waals surface area (Å²) in [6.45, 7) is 7.05. The largest absolute Gasteiger partial charge is 0.494 e. The lowest BCUT2D eigenvalue weighted by Crippen LogP contribution is -2.30. The SMILES string of the molecule is CCCN1C(=S)N[C@@H](c2ccccn2)[C@H]1c1cc(C)n(-c2ccc([N+](=O)[O-])cc2OC)c1C. The number of nitro groups is 1. The zero-order valence-corrected chi connectivity index (χ0v) is 19.9. The molecule has 3 heterocycles. The standard InChI is InChI=1S/C24H27N5O3S/c1-5-12-27-23(22(26-24(27)33)19-8-6-7-11-25-19)18-13-15(2)28(16(18)3)20-10-9-17(29(30)31)14-21(20)32-4/h6-11,13-14,22-23H,5,12H2,1-4H3,(H,26,33)/t22-,23+/m0/s1. The number of rotatable bonds is 7. The fraction of sp³-hybridized carbons (Fsp3) is 0.333. The van der Waals surface area contributed by atoms with Crippen LogP contribution in [-0.4, -0.2) is 38.1 Å². The molecule has 33 heavy (non-hydrogen) atoms. The Labute approximate surface area is 198 Å². The molecule has 9 heteroatoms. The maximum Gasteiger partial charge on any atom is 0.273 e. The molecule has 172 valence electrons. The van der Waals surface area contributed by atoms with E-state index in [0.717, 1.165) is 46.4 Å². The maximum atomic E-state index is 11.2. The third-order valence-electron chi connectivity index (χ3n) is 6.07. The normalized spacial score (nSPS) is 17.8. The van der Waals surface area contributed by atoms with E-state index >= 15 is 0 Å². The Morgan fingerprint density at radius 2 is 2.03 bits per heavy atom. The lowest BCUT2D eigenvalue weighted by atomic mass is 9.96. The van der Waals surface area contributed by atoms with Crippen LogP contribution in [0.3, 0.4) is 0 Å². The molecule has 0 saturated carbocycles. The predicted molar refractivity (Wildman–Crippen MR) is 131 cm³/mol. The average molecular weight is 466 g/mol. The van der Waals surface area contributed by atoms with Crippen LogP contribution in [0.5, 0.6) is 5.75 Å². The van der Waals surface area contributed by atoms with Crippen LogP contribution in [0, 0.1) is 24.0 Å². The van der Waals surface area contributed by atoms with Crippen molar-refractivity contribution in [1.29, 1.82) is 0 Å². The van der Waals surface area contributed by atoms with Gasteiger partial charge in [0.25, 0.3) is 5.69 Å². The van der Waals surface area contributed by atoms with Crippen molar-refractivity contribution in [1.82, 2.24) is 19.8 Å². The summed E-state index contributed by atoms with van der Waals surface area (Å²) in [4.78, 5) is 17.6. The van der Waals surface area contributed by atoms with E-state index in [0.29, 0.717) is 5.75 Å². The number of non-ortho nitro benzene ring substituents is 1. The molecule has 1 saturated heterocycles. The van der Waals surface area contributed by atoms with Gasteiger partial charge < -0.3 is 19.5 Å². The Balaban J connectivity index is 1.85. The number of nitrogens with zero attached hydrogens (tertiary/aromatic N) is 4. The second kappa shape index (κ2) is 9.19. The fourth-order valence-corrected chi connectivity index (χ4v) is 4.98. The number of aryl methyl sites for hydroxylation is 1. The first-order valence-electron chi connectivity index (χ1n) is 10.9. The van der Waals surface area contributed by atoms with Crippen molar-refractivity contribution in [3.8, 4) is 11.4 Å². The van der Waals surface area contributed by atoms with Gasteiger partial charge in [-0.3, -0.25) is 15.1 Å². The molecule has 1 fully saturated rings. The van der Waals surface area contributed by atoms with Gasteiger partial charge in [0.15, 0.2) is 5.11 Å². The lowest BCUT2D eigenvalue weighted by molar-refractivity contribution is -0.384. The number of nitrogens with one attached hydrogen (secondary N) is 1. The smallest absolute Gasteiger partial charge is 0.273 e. The molecule has 0 unspecified atom stereocenters. The van der Waals surface area contributed by atoms with E-state index in [-0.39, 0.29) is 17.8 Å². The van der Waals surface area contributed by atoms with E-state index in [2.05, 4.69) is 39.7 Å². The monoisotopic (exact) mass is 465 g/mol. The number of hydrogen-bond donors (Lipinski definition) is 1. The van der Waals surface area contributed by atoms with Gasteiger partial charge in [0.1, 0.15) is 5.75 Å². The van der Waals surface area contributed by atoms with Crippen LogP contribution in [-0.2, 0) is 0 Å². The van der Waals surface area contributed by atoms with Crippen LogP contribution in [0.25, 0.3) is 5.69 Å². The number of hydrogen-bond acceptors (Lipinski definition) is 5. The van der Waals surface area contributed by atoms with Gasteiger partial charge in [0, 0.05) is 30.2 Å². The van der Waals surface area contributed by atoms with E-state index in [1.807, 2.05) is 25.1 Å². The third-order valence-corrected chi connectivity index (χ3v) is 6.42. The van der Waals surface area contributed by atoms with Crippen molar-refractivity contribution in [2.75, 3.05) is 13.7 Å². The molecule has 0 amide bonds. The quantitative estimate of drug-likeness (QED) is 0.305. The number of aromatic nitrogens is 2. The van der Waals surface area contributed by atoms with E-state index in [1.54, 1.807) is 12.3 Å². The van der Waals surface area contributed by atoms with Crippen LogP contribution < -0.4 is 10.1 Å². The van der Waals surface area contributed by atoms with Gasteiger partial charge in [-0.05, 0) is 62.3 Å². The summed E-state index contributed by atoms with van der Waals surface area (Å²) in [7, 11) is 1.52. The molecule has 1 aromatic carbocycles. The molecule has 2 atom stereocenters. The van der Waals surface area contributed by atoms with Crippen LogP contribution in [0.2, 0.25) is 0 Å². The summed E-state index contributed by atoms with van der Waals surface area (Å²) in [6, 6.07) is 12.6. The predicted octanol–water partition coefficient (Wildman–Crippen LogP) is 4.79. The van der Waals surface area contributed by atoms with Gasteiger partial charge in [0.2, 0.25) is 0 Å². The molecule has 0 bridgehead atoms. The van der Waals surface area contributed by atoms with Crippen molar-refractivity contribution in [2.45, 2.75) is 39.3 Å². The number of benzene rings is 1. The number of ether oxygens (including phenoxy) is 1. The zero-order valence-electron chi connectivity index (χ0n) is 19.1. The summed E-state index contributed by atoms with van der Waals surface area (Å²) in [5.74, 6) is 0.448. The minimum Gasteiger partial charge on any atom is -0.494 e. The van der Waals surface area contributed by atoms with Gasteiger partial charge in [-0.25, -0.2) is 0 Å².